The van der Waals surface area contributed by atoms with Crippen LogP contribution in [-0.2, 0) is 4.79 Å². The smallest absolute Gasteiger partial charge is 0.223 e. The lowest BCUT2D eigenvalue weighted by atomic mass is 9.97. The number of hydrogen-bond donors (Lipinski definition) is 1. The summed E-state index contributed by atoms with van der Waals surface area (Å²) in [7, 11) is 1.84. The van der Waals surface area contributed by atoms with Gasteiger partial charge in [-0.25, -0.2) is 0 Å². The number of likely N-dealkylation sites (N-methyl/N-ethyl adjacent to an activating group) is 1. The predicted octanol–water partition coefficient (Wildman–Crippen LogP) is 2.62. The van der Waals surface area contributed by atoms with Crippen LogP contribution in [0.1, 0.15) is 24.8 Å². The second kappa shape index (κ2) is 5.25. The molecule has 1 unspecified atom stereocenters. The number of hydrogen-bond acceptors (Lipinski definition) is 2. The molecule has 0 saturated heterocycles. The summed E-state index contributed by atoms with van der Waals surface area (Å²) in [6.45, 7) is 7.27. The number of nitrogens with one attached hydrogen (secondary N) is 1. The number of amides is 1. The minimum atomic E-state index is 0.182. The number of anilines is 1. The van der Waals surface area contributed by atoms with Crippen molar-refractivity contribution in [3.63, 3.8) is 0 Å². The SMILES string of the molecule is C=C(C)CN(C)C(=O)CC1CNc2ccccc21. The van der Waals surface area contributed by atoms with E-state index in [9.17, 15) is 4.79 Å². The fraction of sp³-hybridized carbons (Fsp3) is 0.400. The van der Waals surface area contributed by atoms with E-state index in [0.29, 0.717) is 18.9 Å². The summed E-state index contributed by atoms with van der Waals surface area (Å²) >= 11 is 0. The van der Waals surface area contributed by atoms with Crippen molar-refractivity contribution in [3.8, 4) is 0 Å². The van der Waals surface area contributed by atoms with E-state index in [0.717, 1.165) is 17.8 Å². The lowest BCUT2D eigenvalue weighted by molar-refractivity contribution is -0.129. The van der Waals surface area contributed by atoms with Gasteiger partial charge in [0.05, 0.1) is 0 Å². The second-order valence-corrected chi connectivity index (χ2v) is 5.08. The van der Waals surface area contributed by atoms with Gasteiger partial charge in [0.25, 0.3) is 0 Å². The summed E-state index contributed by atoms with van der Waals surface area (Å²) in [5.41, 5.74) is 3.43. The lowest BCUT2D eigenvalue weighted by Crippen LogP contribution is -2.29. The van der Waals surface area contributed by atoms with Crippen LogP contribution in [0.3, 0.4) is 0 Å². The largest absolute Gasteiger partial charge is 0.384 e. The van der Waals surface area contributed by atoms with E-state index in [2.05, 4.69) is 24.0 Å². The minimum Gasteiger partial charge on any atom is -0.384 e. The van der Waals surface area contributed by atoms with Crippen molar-refractivity contribution in [2.45, 2.75) is 19.3 Å². The maximum absolute atomic E-state index is 12.1. The Bertz CT molecular complexity index is 467. The van der Waals surface area contributed by atoms with Gasteiger partial charge in [-0.15, -0.1) is 0 Å². The van der Waals surface area contributed by atoms with Crippen LogP contribution in [-0.4, -0.2) is 30.9 Å². The first-order chi connectivity index (χ1) is 8.58. The Hall–Kier alpha value is -1.77. The van der Waals surface area contributed by atoms with Crippen LogP contribution in [0.2, 0.25) is 0 Å². The zero-order chi connectivity index (χ0) is 13.1. The normalized spacial score (nSPS) is 16.9. The molecule has 1 atom stereocenters. The highest BCUT2D eigenvalue weighted by Crippen LogP contribution is 2.33. The number of fused-ring (bicyclic) bond motifs is 1. The van der Waals surface area contributed by atoms with Crippen molar-refractivity contribution < 1.29 is 4.79 Å². The summed E-state index contributed by atoms with van der Waals surface area (Å²) < 4.78 is 0. The third-order valence-electron chi connectivity index (χ3n) is 3.29. The number of benzene rings is 1. The van der Waals surface area contributed by atoms with Crippen molar-refractivity contribution in [2.75, 3.05) is 25.5 Å². The highest BCUT2D eigenvalue weighted by molar-refractivity contribution is 5.78. The molecule has 1 N–H and O–H groups in total. The first-order valence-corrected chi connectivity index (χ1v) is 6.29. The van der Waals surface area contributed by atoms with Gasteiger partial charge in [0.15, 0.2) is 0 Å². The molecule has 3 nitrogen and oxygen atoms in total. The van der Waals surface area contributed by atoms with Gasteiger partial charge in [-0.1, -0.05) is 30.4 Å². The van der Waals surface area contributed by atoms with Crippen molar-refractivity contribution in [3.05, 3.63) is 42.0 Å². The summed E-state index contributed by atoms with van der Waals surface area (Å²) in [6, 6.07) is 8.22. The fourth-order valence-corrected chi connectivity index (χ4v) is 2.40. The predicted molar refractivity (Wildman–Crippen MR) is 74.7 cm³/mol. The highest BCUT2D eigenvalue weighted by Gasteiger charge is 2.25. The number of para-hydroxylation sites is 1. The molecule has 96 valence electrons. The third kappa shape index (κ3) is 2.73. The molecule has 0 saturated carbocycles. The molecule has 1 aliphatic heterocycles. The first kappa shape index (κ1) is 12.7. The molecule has 18 heavy (non-hydrogen) atoms. The van der Waals surface area contributed by atoms with Gasteiger partial charge in [0.2, 0.25) is 5.91 Å². The van der Waals surface area contributed by atoms with E-state index in [1.165, 1.54) is 5.56 Å². The zero-order valence-corrected chi connectivity index (χ0v) is 11.1. The van der Waals surface area contributed by atoms with Crippen molar-refractivity contribution >= 4 is 11.6 Å². The molecule has 0 radical (unpaired) electrons. The molecule has 0 spiro atoms. The number of carbonyl (C=O) groups excluding carboxylic acids is 1. The molecule has 1 aromatic rings. The molecule has 0 fully saturated rings. The second-order valence-electron chi connectivity index (χ2n) is 5.08. The third-order valence-corrected chi connectivity index (χ3v) is 3.29. The molecular formula is C15H20N2O. The topological polar surface area (TPSA) is 32.3 Å². The molecule has 1 amide bonds. The van der Waals surface area contributed by atoms with Gasteiger partial charge in [0.1, 0.15) is 0 Å². The highest BCUT2D eigenvalue weighted by atomic mass is 16.2. The van der Waals surface area contributed by atoms with Crippen LogP contribution < -0.4 is 5.32 Å². The first-order valence-electron chi connectivity index (χ1n) is 6.29. The minimum absolute atomic E-state index is 0.182. The average molecular weight is 244 g/mol. The van der Waals surface area contributed by atoms with E-state index >= 15 is 0 Å². The molecule has 1 aromatic carbocycles. The number of rotatable bonds is 4. The molecule has 2 rings (SSSR count). The van der Waals surface area contributed by atoms with Crippen LogP contribution in [0.4, 0.5) is 5.69 Å². The van der Waals surface area contributed by atoms with Crippen molar-refractivity contribution in [1.29, 1.82) is 0 Å². The summed E-state index contributed by atoms with van der Waals surface area (Å²) in [5, 5.41) is 3.35. The Morgan fingerprint density at radius 3 is 2.94 bits per heavy atom. The molecule has 1 aliphatic rings. The van der Waals surface area contributed by atoms with Gasteiger partial charge in [-0.2, -0.15) is 0 Å². The average Bonchev–Trinajstić information content (AvgIpc) is 2.72. The summed E-state index contributed by atoms with van der Waals surface area (Å²) in [5.74, 6) is 0.475. The van der Waals surface area contributed by atoms with Crippen LogP contribution in [0.5, 0.6) is 0 Å². The van der Waals surface area contributed by atoms with E-state index in [-0.39, 0.29) is 5.91 Å². The number of nitrogens with zero attached hydrogens (tertiary/aromatic N) is 1. The van der Waals surface area contributed by atoms with E-state index < -0.39 is 0 Å². The molecule has 0 aliphatic carbocycles. The Morgan fingerprint density at radius 1 is 1.50 bits per heavy atom. The maximum Gasteiger partial charge on any atom is 0.223 e. The zero-order valence-electron chi connectivity index (χ0n) is 11.1. The van der Waals surface area contributed by atoms with Crippen molar-refractivity contribution in [1.82, 2.24) is 4.90 Å². The summed E-state index contributed by atoms with van der Waals surface area (Å²) in [4.78, 5) is 13.9. The van der Waals surface area contributed by atoms with Gasteiger partial charge in [-0.3, -0.25) is 4.79 Å². The van der Waals surface area contributed by atoms with Crippen molar-refractivity contribution in [2.24, 2.45) is 0 Å². The molecule has 0 bridgehead atoms. The maximum atomic E-state index is 12.1. The van der Waals surface area contributed by atoms with Gasteiger partial charge >= 0.3 is 0 Å². The molecular weight excluding hydrogens is 224 g/mol. The van der Waals surface area contributed by atoms with Gasteiger partial charge < -0.3 is 10.2 Å². The van der Waals surface area contributed by atoms with E-state index in [1.807, 2.05) is 26.1 Å². The van der Waals surface area contributed by atoms with E-state index in [4.69, 9.17) is 0 Å². The Kier molecular flexibility index (Phi) is 3.70. The Morgan fingerprint density at radius 2 is 2.22 bits per heavy atom. The monoisotopic (exact) mass is 244 g/mol. The van der Waals surface area contributed by atoms with Gasteiger partial charge in [-0.05, 0) is 18.6 Å². The van der Waals surface area contributed by atoms with Crippen LogP contribution in [0, 0.1) is 0 Å². The lowest BCUT2D eigenvalue weighted by Gasteiger charge is -2.19. The van der Waals surface area contributed by atoms with Gasteiger partial charge in [0, 0.05) is 38.2 Å². The Balaban J connectivity index is 1.99. The quantitative estimate of drug-likeness (QED) is 0.826. The fourth-order valence-electron chi connectivity index (χ4n) is 2.40. The molecule has 0 aromatic heterocycles. The summed E-state index contributed by atoms with van der Waals surface area (Å²) in [6.07, 6.45) is 0.563. The Labute approximate surface area is 108 Å². The molecule has 3 heteroatoms. The van der Waals surface area contributed by atoms with Crippen LogP contribution >= 0.6 is 0 Å². The van der Waals surface area contributed by atoms with Crippen LogP contribution in [0.15, 0.2) is 36.4 Å². The standard InChI is InChI=1S/C15H20N2O/c1-11(2)10-17(3)15(18)8-12-9-16-14-7-5-4-6-13(12)14/h4-7,12,16H,1,8-10H2,2-3H3. The molecule has 1 heterocycles. The van der Waals surface area contributed by atoms with Crippen LogP contribution in [0.25, 0.3) is 0 Å². The van der Waals surface area contributed by atoms with E-state index in [1.54, 1.807) is 4.90 Å². The number of carbonyl (C=O) groups is 1.